The Balaban J connectivity index is 1.43. The van der Waals surface area contributed by atoms with Crippen molar-refractivity contribution >= 4 is 27.5 Å². The molecule has 150 valence electrons. The normalized spacial score (nSPS) is 13.8. The van der Waals surface area contributed by atoms with E-state index < -0.39 is 10.0 Å². The Kier molecular flexibility index (Phi) is 7.10. The van der Waals surface area contributed by atoms with Crippen LogP contribution >= 0.6 is 11.6 Å². The Morgan fingerprint density at radius 1 is 0.964 bits per heavy atom. The second kappa shape index (κ2) is 9.54. The molecule has 28 heavy (non-hydrogen) atoms. The number of carbonyl (C=O) groups excluding carboxylic acids is 1. The van der Waals surface area contributed by atoms with E-state index >= 15 is 0 Å². The molecule has 0 heterocycles. The van der Waals surface area contributed by atoms with Crippen molar-refractivity contribution < 1.29 is 13.2 Å². The molecule has 7 heteroatoms. The first-order valence-electron chi connectivity index (χ1n) is 9.57. The van der Waals surface area contributed by atoms with Crippen LogP contribution < -0.4 is 10.0 Å². The lowest BCUT2D eigenvalue weighted by Gasteiger charge is -2.16. The largest absolute Gasteiger partial charge is 0.356 e. The van der Waals surface area contributed by atoms with Crippen LogP contribution in [0.15, 0.2) is 47.4 Å². The summed E-state index contributed by atoms with van der Waals surface area (Å²) < 4.78 is 27.5. The molecule has 0 aliphatic heterocycles. The summed E-state index contributed by atoms with van der Waals surface area (Å²) in [7, 11) is -3.60. The summed E-state index contributed by atoms with van der Waals surface area (Å²) in [6.45, 7) is 0.574. The van der Waals surface area contributed by atoms with Crippen LogP contribution in [-0.4, -0.2) is 27.4 Å². The highest BCUT2D eigenvalue weighted by atomic mass is 35.5. The van der Waals surface area contributed by atoms with Crippen LogP contribution in [-0.2, 0) is 34.1 Å². The third-order valence-corrected chi connectivity index (χ3v) is 6.63. The Bertz CT molecular complexity index is 927. The van der Waals surface area contributed by atoms with Crippen molar-refractivity contribution in [2.45, 2.75) is 43.4 Å². The average molecular weight is 421 g/mol. The van der Waals surface area contributed by atoms with Crippen molar-refractivity contribution in [3.8, 4) is 0 Å². The first-order chi connectivity index (χ1) is 13.4. The first-order valence-corrected chi connectivity index (χ1v) is 11.4. The summed E-state index contributed by atoms with van der Waals surface area (Å²) in [6.07, 6.45) is 4.99. The molecule has 0 fully saturated rings. The van der Waals surface area contributed by atoms with Gasteiger partial charge < -0.3 is 5.32 Å². The van der Waals surface area contributed by atoms with Gasteiger partial charge in [0.15, 0.2) is 0 Å². The number of sulfonamides is 1. The second-order valence-electron chi connectivity index (χ2n) is 7.01. The van der Waals surface area contributed by atoms with Gasteiger partial charge in [0.1, 0.15) is 0 Å². The number of hydrogen-bond acceptors (Lipinski definition) is 3. The van der Waals surface area contributed by atoms with Crippen molar-refractivity contribution in [2.75, 3.05) is 13.1 Å². The predicted molar refractivity (Wildman–Crippen MR) is 111 cm³/mol. The van der Waals surface area contributed by atoms with Crippen molar-refractivity contribution in [3.05, 3.63) is 64.2 Å². The number of fused-ring (bicyclic) bond motifs is 1. The molecule has 0 saturated heterocycles. The van der Waals surface area contributed by atoms with Crippen LogP contribution in [0, 0.1) is 0 Å². The monoisotopic (exact) mass is 420 g/mol. The smallest absolute Gasteiger partial charge is 0.240 e. The van der Waals surface area contributed by atoms with Gasteiger partial charge in [-0.05, 0) is 73.1 Å². The van der Waals surface area contributed by atoms with E-state index in [1.54, 1.807) is 12.1 Å². The van der Waals surface area contributed by atoms with Crippen LogP contribution in [0.2, 0.25) is 5.02 Å². The fraction of sp³-hybridized carbons (Fsp3) is 0.381. The fourth-order valence-corrected chi connectivity index (χ4v) is 4.55. The van der Waals surface area contributed by atoms with E-state index in [9.17, 15) is 13.2 Å². The van der Waals surface area contributed by atoms with E-state index in [1.807, 2.05) is 30.3 Å². The third kappa shape index (κ3) is 5.80. The van der Waals surface area contributed by atoms with Gasteiger partial charge in [-0.25, -0.2) is 13.1 Å². The van der Waals surface area contributed by atoms with E-state index in [1.165, 1.54) is 5.56 Å². The number of carbonyl (C=O) groups is 1. The molecule has 1 aliphatic rings. The minimum absolute atomic E-state index is 0.0756. The quantitative estimate of drug-likeness (QED) is 0.688. The van der Waals surface area contributed by atoms with E-state index in [2.05, 4.69) is 10.0 Å². The fourth-order valence-electron chi connectivity index (χ4n) is 3.34. The highest BCUT2D eigenvalue weighted by Gasteiger charge is 2.17. The maximum atomic E-state index is 12.5. The molecule has 0 atom stereocenters. The number of benzene rings is 2. The van der Waals surface area contributed by atoms with Crippen LogP contribution in [0.5, 0.6) is 0 Å². The third-order valence-electron chi connectivity index (χ3n) is 4.92. The molecule has 1 aliphatic carbocycles. The maximum absolute atomic E-state index is 12.5. The molecule has 2 aromatic rings. The Morgan fingerprint density at radius 3 is 2.43 bits per heavy atom. The number of nitrogens with one attached hydrogen (secondary N) is 2. The van der Waals surface area contributed by atoms with Gasteiger partial charge in [0.2, 0.25) is 15.9 Å². The summed E-state index contributed by atoms with van der Waals surface area (Å²) in [6, 6.07) is 12.8. The van der Waals surface area contributed by atoms with Crippen LogP contribution in [0.3, 0.4) is 0 Å². The molecule has 0 unspecified atom stereocenters. The van der Waals surface area contributed by atoms with Crippen molar-refractivity contribution in [2.24, 2.45) is 0 Å². The van der Waals surface area contributed by atoms with Gasteiger partial charge in [-0.1, -0.05) is 29.8 Å². The molecule has 0 saturated carbocycles. The van der Waals surface area contributed by atoms with E-state index in [0.717, 1.165) is 36.8 Å². The molecule has 1 amide bonds. The number of rotatable bonds is 8. The van der Waals surface area contributed by atoms with Gasteiger partial charge in [0, 0.05) is 24.5 Å². The van der Waals surface area contributed by atoms with Crippen LogP contribution in [0.4, 0.5) is 0 Å². The van der Waals surface area contributed by atoms with Crippen molar-refractivity contribution in [1.29, 1.82) is 0 Å². The zero-order valence-electron chi connectivity index (χ0n) is 15.7. The molecule has 0 bridgehead atoms. The summed E-state index contributed by atoms with van der Waals surface area (Å²) in [5.74, 6) is -0.179. The molecule has 0 spiro atoms. The molecule has 2 aromatic carbocycles. The lowest BCUT2D eigenvalue weighted by Crippen LogP contribution is -2.31. The number of hydrogen-bond donors (Lipinski definition) is 2. The number of aryl methyl sites for hydroxylation is 2. The zero-order valence-corrected chi connectivity index (χ0v) is 17.3. The van der Waals surface area contributed by atoms with Gasteiger partial charge in [-0.2, -0.15) is 0 Å². The lowest BCUT2D eigenvalue weighted by molar-refractivity contribution is -0.120. The lowest BCUT2D eigenvalue weighted by atomic mass is 9.92. The summed E-state index contributed by atoms with van der Waals surface area (Å²) in [5.41, 5.74) is 3.44. The van der Waals surface area contributed by atoms with Crippen molar-refractivity contribution in [1.82, 2.24) is 10.0 Å². The number of halogens is 1. The molecule has 2 N–H and O–H groups in total. The van der Waals surface area contributed by atoms with E-state index in [-0.39, 0.29) is 23.8 Å². The first kappa shape index (κ1) is 20.8. The van der Waals surface area contributed by atoms with E-state index in [4.69, 9.17) is 11.6 Å². The molecular formula is C21H25ClN2O3S. The Morgan fingerprint density at radius 2 is 1.68 bits per heavy atom. The van der Waals surface area contributed by atoms with Crippen LogP contribution in [0.25, 0.3) is 0 Å². The van der Waals surface area contributed by atoms with Gasteiger partial charge in [-0.15, -0.1) is 0 Å². The van der Waals surface area contributed by atoms with Crippen molar-refractivity contribution in [3.63, 3.8) is 0 Å². The predicted octanol–water partition coefficient (Wildman–Crippen LogP) is 3.25. The van der Waals surface area contributed by atoms with Gasteiger partial charge in [0.25, 0.3) is 0 Å². The number of amides is 1. The molecular weight excluding hydrogens is 396 g/mol. The summed E-state index contributed by atoms with van der Waals surface area (Å²) in [4.78, 5) is 12.2. The standard InChI is InChI=1S/C21H25ClN2O3S/c22-19-8-5-16(6-9-19)11-13-23-21(25)12-14-24-28(26,27)20-10-7-17-3-1-2-4-18(17)15-20/h5-10,15,24H,1-4,11-14H2,(H,23,25). The minimum Gasteiger partial charge on any atom is -0.356 e. The summed E-state index contributed by atoms with van der Waals surface area (Å²) in [5, 5.41) is 3.49. The highest BCUT2D eigenvalue weighted by Crippen LogP contribution is 2.24. The topological polar surface area (TPSA) is 75.3 Å². The molecule has 5 nitrogen and oxygen atoms in total. The Hall–Kier alpha value is -1.89. The van der Waals surface area contributed by atoms with E-state index in [0.29, 0.717) is 18.0 Å². The van der Waals surface area contributed by atoms with Gasteiger partial charge >= 0.3 is 0 Å². The highest BCUT2D eigenvalue weighted by molar-refractivity contribution is 7.89. The SMILES string of the molecule is O=C(CCNS(=O)(=O)c1ccc2c(c1)CCCC2)NCCc1ccc(Cl)cc1. The minimum atomic E-state index is -3.60. The molecule has 3 rings (SSSR count). The molecule has 0 radical (unpaired) electrons. The van der Waals surface area contributed by atoms with Crippen LogP contribution in [0.1, 0.15) is 36.0 Å². The van der Waals surface area contributed by atoms with Gasteiger partial charge in [-0.3, -0.25) is 4.79 Å². The maximum Gasteiger partial charge on any atom is 0.240 e. The summed E-state index contributed by atoms with van der Waals surface area (Å²) >= 11 is 5.84. The second-order valence-corrected chi connectivity index (χ2v) is 9.22. The molecule has 0 aromatic heterocycles. The van der Waals surface area contributed by atoms with Gasteiger partial charge in [0.05, 0.1) is 4.90 Å². The Labute approximate surface area is 171 Å². The average Bonchev–Trinajstić information content (AvgIpc) is 2.69. The zero-order chi connectivity index (χ0) is 20.0.